The highest BCUT2D eigenvalue weighted by Crippen LogP contribution is 2.40. The molecule has 0 saturated carbocycles. The fourth-order valence-electron chi connectivity index (χ4n) is 3.44. The van der Waals surface area contributed by atoms with Gasteiger partial charge in [0.25, 0.3) is 0 Å². The number of benzene rings is 1. The molecule has 0 aliphatic carbocycles. The minimum atomic E-state index is 0.373. The monoisotopic (exact) mass is 321 g/mol. The van der Waals surface area contributed by atoms with Crippen molar-refractivity contribution in [3.05, 3.63) is 17.7 Å². The fraction of sp³-hybridized carbons (Fsp3) is 0.667. The summed E-state index contributed by atoms with van der Waals surface area (Å²) >= 11 is 0. The number of fused-ring (bicyclic) bond motifs is 1. The summed E-state index contributed by atoms with van der Waals surface area (Å²) in [7, 11) is 1.66. The number of hydrogen-bond donors (Lipinski definition) is 1. The Labute approximate surface area is 138 Å². The molecule has 1 aromatic rings. The van der Waals surface area contributed by atoms with Crippen molar-refractivity contribution in [1.82, 2.24) is 5.32 Å². The Hall–Kier alpha value is -1.46. The van der Waals surface area contributed by atoms with Crippen molar-refractivity contribution in [2.45, 2.75) is 32.9 Å². The maximum absolute atomic E-state index is 5.84. The molecular formula is C18H27NO4. The van der Waals surface area contributed by atoms with Gasteiger partial charge >= 0.3 is 0 Å². The number of ether oxygens (including phenoxy) is 4. The summed E-state index contributed by atoms with van der Waals surface area (Å²) in [5, 5.41) is 3.55. The van der Waals surface area contributed by atoms with Gasteiger partial charge in [-0.2, -0.15) is 0 Å². The van der Waals surface area contributed by atoms with Gasteiger partial charge in [0, 0.05) is 19.7 Å². The lowest BCUT2D eigenvalue weighted by Gasteiger charge is -2.23. The standard InChI is InChI=1S/C18H27NO4/c1-12(2)17-14(4-5-22-17)11-19-10-13-8-15(20-3)18-16(9-13)21-6-7-23-18/h8-9,12,14,17,19H,4-7,10-11H2,1-3H3/t14-,17-/m1/s1. The molecule has 3 rings (SSSR count). The van der Waals surface area contributed by atoms with Crippen molar-refractivity contribution in [2.75, 3.05) is 33.5 Å². The molecule has 0 aromatic heterocycles. The van der Waals surface area contributed by atoms with Gasteiger partial charge in [-0.25, -0.2) is 0 Å². The number of methoxy groups -OCH3 is 1. The number of hydrogen-bond acceptors (Lipinski definition) is 5. The normalized spacial score (nSPS) is 23.3. The molecule has 0 bridgehead atoms. The lowest BCUT2D eigenvalue weighted by molar-refractivity contribution is 0.0539. The van der Waals surface area contributed by atoms with Crippen LogP contribution in [0.15, 0.2) is 12.1 Å². The number of rotatable bonds is 6. The van der Waals surface area contributed by atoms with Crippen molar-refractivity contribution in [3.63, 3.8) is 0 Å². The first-order valence-corrected chi connectivity index (χ1v) is 8.48. The van der Waals surface area contributed by atoms with E-state index in [1.165, 1.54) is 0 Å². The molecule has 0 amide bonds. The van der Waals surface area contributed by atoms with Gasteiger partial charge in [0.15, 0.2) is 11.5 Å². The third-order valence-corrected chi connectivity index (χ3v) is 4.54. The van der Waals surface area contributed by atoms with Gasteiger partial charge in [-0.05, 0) is 36.0 Å². The van der Waals surface area contributed by atoms with Gasteiger partial charge in [-0.3, -0.25) is 0 Å². The van der Waals surface area contributed by atoms with Crippen LogP contribution in [0, 0.1) is 11.8 Å². The molecule has 2 aliphatic rings. The lowest BCUT2D eigenvalue weighted by Crippen LogP contribution is -2.31. The van der Waals surface area contributed by atoms with E-state index in [-0.39, 0.29) is 0 Å². The molecule has 0 unspecified atom stereocenters. The van der Waals surface area contributed by atoms with Gasteiger partial charge in [-0.15, -0.1) is 0 Å². The topological polar surface area (TPSA) is 49.0 Å². The predicted octanol–water partition coefficient (Wildman–Crippen LogP) is 2.62. The van der Waals surface area contributed by atoms with Crippen LogP contribution < -0.4 is 19.5 Å². The highest BCUT2D eigenvalue weighted by atomic mass is 16.6. The van der Waals surface area contributed by atoms with Gasteiger partial charge < -0.3 is 24.3 Å². The Morgan fingerprint density at radius 3 is 2.83 bits per heavy atom. The molecule has 2 aliphatic heterocycles. The van der Waals surface area contributed by atoms with E-state index in [4.69, 9.17) is 18.9 Å². The van der Waals surface area contributed by atoms with E-state index >= 15 is 0 Å². The SMILES string of the molecule is COc1cc(CNC[C@H]2CCO[C@@H]2C(C)C)cc2c1OCCO2. The van der Waals surface area contributed by atoms with E-state index in [1.807, 2.05) is 12.1 Å². The second-order valence-electron chi connectivity index (χ2n) is 6.58. The van der Waals surface area contributed by atoms with Gasteiger partial charge in [0.2, 0.25) is 5.75 Å². The second-order valence-corrected chi connectivity index (χ2v) is 6.58. The predicted molar refractivity (Wildman–Crippen MR) is 88.4 cm³/mol. The first-order valence-electron chi connectivity index (χ1n) is 8.48. The fourth-order valence-corrected chi connectivity index (χ4v) is 3.44. The van der Waals surface area contributed by atoms with Crippen LogP contribution in [-0.4, -0.2) is 39.6 Å². The lowest BCUT2D eigenvalue weighted by atomic mass is 9.93. The maximum atomic E-state index is 5.84. The van der Waals surface area contributed by atoms with Crippen molar-refractivity contribution in [2.24, 2.45) is 11.8 Å². The zero-order valence-corrected chi connectivity index (χ0v) is 14.3. The summed E-state index contributed by atoms with van der Waals surface area (Å²) < 4.78 is 22.6. The Bertz CT molecular complexity index is 515. The molecule has 1 saturated heterocycles. The van der Waals surface area contributed by atoms with Crippen molar-refractivity contribution in [1.29, 1.82) is 0 Å². The Morgan fingerprint density at radius 2 is 2.04 bits per heavy atom. The van der Waals surface area contributed by atoms with Crippen LogP contribution in [0.25, 0.3) is 0 Å². The first-order chi connectivity index (χ1) is 11.2. The summed E-state index contributed by atoms with van der Waals surface area (Å²) in [6.45, 7) is 8.26. The van der Waals surface area contributed by atoms with E-state index in [0.717, 1.165) is 43.2 Å². The van der Waals surface area contributed by atoms with E-state index < -0.39 is 0 Å². The molecule has 128 valence electrons. The zero-order chi connectivity index (χ0) is 16.2. The summed E-state index contributed by atoms with van der Waals surface area (Å²) in [6, 6.07) is 4.06. The average molecular weight is 321 g/mol. The van der Waals surface area contributed by atoms with Crippen LogP contribution in [0.5, 0.6) is 17.2 Å². The Morgan fingerprint density at radius 1 is 1.22 bits per heavy atom. The molecule has 1 N–H and O–H groups in total. The van der Waals surface area contributed by atoms with Crippen molar-refractivity contribution in [3.8, 4) is 17.2 Å². The molecule has 5 nitrogen and oxygen atoms in total. The highest BCUT2D eigenvalue weighted by Gasteiger charge is 2.30. The summed E-state index contributed by atoms with van der Waals surface area (Å²) in [5.41, 5.74) is 1.14. The molecule has 23 heavy (non-hydrogen) atoms. The largest absolute Gasteiger partial charge is 0.493 e. The van der Waals surface area contributed by atoms with E-state index in [0.29, 0.717) is 36.9 Å². The Balaban J connectivity index is 1.60. The van der Waals surface area contributed by atoms with Crippen LogP contribution in [0.4, 0.5) is 0 Å². The van der Waals surface area contributed by atoms with Crippen LogP contribution in [0.3, 0.4) is 0 Å². The van der Waals surface area contributed by atoms with Crippen LogP contribution in [-0.2, 0) is 11.3 Å². The molecule has 2 atom stereocenters. The van der Waals surface area contributed by atoms with Crippen LogP contribution >= 0.6 is 0 Å². The molecule has 1 fully saturated rings. The van der Waals surface area contributed by atoms with Gasteiger partial charge in [-0.1, -0.05) is 13.8 Å². The van der Waals surface area contributed by atoms with Gasteiger partial charge in [0.05, 0.1) is 13.2 Å². The summed E-state index contributed by atoms with van der Waals surface area (Å²) in [4.78, 5) is 0. The second kappa shape index (κ2) is 7.41. The molecule has 5 heteroatoms. The van der Waals surface area contributed by atoms with Crippen LogP contribution in [0.2, 0.25) is 0 Å². The maximum Gasteiger partial charge on any atom is 0.203 e. The molecule has 0 radical (unpaired) electrons. The van der Waals surface area contributed by atoms with E-state index in [2.05, 4.69) is 19.2 Å². The smallest absolute Gasteiger partial charge is 0.203 e. The zero-order valence-electron chi connectivity index (χ0n) is 14.3. The van der Waals surface area contributed by atoms with Gasteiger partial charge in [0.1, 0.15) is 13.2 Å². The summed E-state index contributed by atoms with van der Waals surface area (Å²) in [6.07, 6.45) is 1.51. The first kappa shape index (κ1) is 16.4. The minimum Gasteiger partial charge on any atom is -0.493 e. The van der Waals surface area contributed by atoms with Crippen molar-refractivity contribution >= 4 is 0 Å². The third kappa shape index (κ3) is 3.72. The van der Waals surface area contributed by atoms with Crippen LogP contribution in [0.1, 0.15) is 25.8 Å². The minimum absolute atomic E-state index is 0.373. The van der Waals surface area contributed by atoms with E-state index in [1.54, 1.807) is 7.11 Å². The molecule has 1 aromatic carbocycles. The third-order valence-electron chi connectivity index (χ3n) is 4.54. The molecular weight excluding hydrogens is 294 g/mol. The van der Waals surface area contributed by atoms with E-state index in [9.17, 15) is 0 Å². The molecule has 2 heterocycles. The average Bonchev–Trinajstić information content (AvgIpc) is 3.03. The quantitative estimate of drug-likeness (QED) is 0.873. The Kier molecular flexibility index (Phi) is 5.28. The van der Waals surface area contributed by atoms with Crippen molar-refractivity contribution < 1.29 is 18.9 Å². The summed E-state index contributed by atoms with van der Waals surface area (Å²) in [5.74, 6) is 3.39. The highest BCUT2D eigenvalue weighted by molar-refractivity contribution is 5.54. The number of nitrogens with one attached hydrogen (secondary N) is 1. The molecule has 0 spiro atoms.